The van der Waals surface area contributed by atoms with Gasteiger partial charge in [0, 0.05) is 24.5 Å². The van der Waals surface area contributed by atoms with Crippen LogP contribution in [0.5, 0.6) is 0 Å². The molecular weight excluding hydrogens is 370 g/mol. The lowest BCUT2D eigenvalue weighted by Crippen LogP contribution is -2.29. The van der Waals surface area contributed by atoms with Crippen LogP contribution in [0.15, 0.2) is 41.5 Å². The number of anilines is 3. The average molecular weight is 397 g/mol. The molecule has 154 valence electrons. The molecule has 0 saturated heterocycles. The quantitative estimate of drug-likeness (QED) is 0.506. The van der Waals surface area contributed by atoms with Crippen LogP contribution in [-0.2, 0) is 6.54 Å². The summed E-state index contributed by atoms with van der Waals surface area (Å²) >= 11 is 0. The van der Waals surface area contributed by atoms with Gasteiger partial charge < -0.3 is 25.4 Å². The van der Waals surface area contributed by atoms with E-state index in [2.05, 4.69) is 20.6 Å². The molecule has 3 heterocycles. The molecule has 3 aromatic rings. The summed E-state index contributed by atoms with van der Waals surface area (Å²) in [6.45, 7) is 7.76. The van der Waals surface area contributed by atoms with Gasteiger partial charge in [0.2, 0.25) is 0 Å². The third-order valence-electron chi connectivity index (χ3n) is 4.32. The Morgan fingerprint density at radius 1 is 1.21 bits per heavy atom. The largest absolute Gasteiger partial charge is 0.395 e. The summed E-state index contributed by atoms with van der Waals surface area (Å²) in [5.74, 6) is 1.53. The first kappa shape index (κ1) is 20.8. The van der Waals surface area contributed by atoms with Crippen LogP contribution in [0.1, 0.15) is 39.4 Å². The van der Waals surface area contributed by atoms with Crippen molar-refractivity contribution in [1.29, 1.82) is 0 Å². The van der Waals surface area contributed by atoms with E-state index in [0.717, 1.165) is 10.9 Å². The molecule has 0 aliphatic heterocycles. The lowest BCUT2D eigenvalue weighted by Gasteiger charge is -2.23. The molecule has 0 aliphatic rings. The molecule has 0 aromatic carbocycles. The fourth-order valence-corrected chi connectivity index (χ4v) is 3.00. The second kappa shape index (κ2) is 8.18. The van der Waals surface area contributed by atoms with Gasteiger partial charge >= 0.3 is 0 Å². The molecular formula is C21H27N5O3. The van der Waals surface area contributed by atoms with Crippen molar-refractivity contribution in [2.45, 2.75) is 45.9 Å². The Labute approximate surface area is 169 Å². The van der Waals surface area contributed by atoms with Gasteiger partial charge in [-0.2, -0.15) is 0 Å². The Morgan fingerprint density at radius 2 is 1.97 bits per heavy atom. The first-order valence-corrected chi connectivity index (χ1v) is 9.52. The highest BCUT2D eigenvalue weighted by atomic mass is 16.3. The Balaban J connectivity index is 2.11. The SMILES string of the molecule is C[C@@H](O)c1ccnc(Nc2cc3ccn(CCO)c(=O)c3c(NC(C)(C)C)n2)c1. The topological polar surface area (TPSA) is 112 Å². The lowest BCUT2D eigenvalue weighted by molar-refractivity contribution is 0.199. The van der Waals surface area contributed by atoms with Crippen molar-refractivity contribution >= 4 is 28.2 Å². The molecule has 3 rings (SSSR count). The van der Waals surface area contributed by atoms with E-state index in [4.69, 9.17) is 0 Å². The maximum Gasteiger partial charge on any atom is 0.262 e. The minimum atomic E-state index is -0.605. The van der Waals surface area contributed by atoms with Crippen molar-refractivity contribution in [2.75, 3.05) is 17.2 Å². The number of hydrogen-bond donors (Lipinski definition) is 4. The Morgan fingerprint density at radius 3 is 2.62 bits per heavy atom. The lowest BCUT2D eigenvalue weighted by atomic mass is 10.1. The number of aromatic nitrogens is 3. The van der Waals surface area contributed by atoms with Crippen LogP contribution in [0.4, 0.5) is 17.5 Å². The second-order valence-corrected chi connectivity index (χ2v) is 8.01. The molecule has 8 heteroatoms. The average Bonchev–Trinajstić information content (AvgIpc) is 2.63. The van der Waals surface area contributed by atoms with Crippen LogP contribution >= 0.6 is 0 Å². The van der Waals surface area contributed by atoms with E-state index >= 15 is 0 Å². The number of hydrogen-bond acceptors (Lipinski definition) is 7. The minimum Gasteiger partial charge on any atom is -0.395 e. The van der Waals surface area contributed by atoms with Gasteiger partial charge in [-0.3, -0.25) is 4.79 Å². The number of aliphatic hydroxyl groups excluding tert-OH is 2. The fourth-order valence-electron chi connectivity index (χ4n) is 3.00. The van der Waals surface area contributed by atoms with Crippen LogP contribution in [0.3, 0.4) is 0 Å². The van der Waals surface area contributed by atoms with Crippen molar-refractivity contribution in [3.05, 3.63) is 52.6 Å². The van der Waals surface area contributed by atoms with Crippen LogP contribution in [0, 0.1) is 0 Å². The maximum absolute atomic E-state index is 12.9. The predicted molar refractivity (Wildman–Crippen MR) is 115 cm³/mol. The van der Waals surface area contributed by atoms with Crippen molar-refractivity contribution in [3.8, 4) is 0 Å². The molecule has 4 N–H and O–H groups in total. The third-order valence-corrected chi connectivity index (χ3v) is 4.32. The summed E-state index contributed by atoms with van der Waals surface area (Å²) in [6, 6.07) is 7.11. The van der Waals surface area contributed by atoms with Crippen molar-refractivity contribution in [2.24, 2.45) is 0 Å². The Hall–Kier alpha value is -2.97. The Kier molecular flexibility index (Phi) is 5.86. The number of nitrogens with one attached hydrogen (secondary N) is 2. The summed E-state index contributed by atoms with van der Waals surface area (Å²) in [5.41, 5.74) is 0.215. The molecule has 0 amide bonds. The van der Waals surface area contributed by atoms with E-state index in [1.54, 1.807) is 37.5 Å². The van der Waals surface area contributed by atoms with Gasteiger partial charge in [-0.1, -0.05) is 0 Å². The third kappa shape index (κ3) is 4.90. The maximum atomic E-state index is 12.9. The van der Waals surface area contributed by atoms with Crippen molar-refractivity contribution in [1.82, 2.24) is 14.5 Å². The zero-order chi connectivity index (χ0) is 21.2. The van der Waals surface area contributed by atoms with E-state index in [1.807, 2.05) is 26.8 Å². The number of pyridine rings is 3. The zero-order valence-electron chi connectivity index (χ0n) is 17.1. The minimum absolute atomic E-state index is 0.119. The Bertz CT molecular complexity index is 1070. The highest BCUT2D eigenvalue weighted by Gasteiger charge is 2.17. The van der Waals surface area contributed by atoms with Crippen LogP contribution < -0.4 is 16.2 Å². The summed E-state index contributed by atoms with van der Waals surface area (Å²) in [5, 5.41) is 26.7. The molecule has 0 fully saturated rings. The van der Waals surface area contributed by atoms with E-state index < -0.39 is 6.10 Å². The molecule has 1 atom stereocenters. The predicted octanol–water partition coefficient (Wildman–Crippen LogP) is 2.79. The van der Waals surface area contributed by atoms with E-state index in [9.17, 15) is 15.0 Å². The summed E-state index contributed by atoms with van der Waals surface area (Å²) in [6.07, 6.45) is 2.68. The molecule has 0 bridgehead atoms. The molecule has 0 spiro atoms. The monoisotopic (exact) mass is 397 g/mol. The highest BCUT2D eigenvalue weighted by molar-refractivity contribution is 5.93. The normalized spacial score (nSPS) is 12.8. The summed E-state index contributed by atoms with van der Waals surface area (Å²) in [7, 11) is 0. The molecule has 0 unspecified atom stereocenters. The van der Waals surface area contributed by atoms with E-state index in [1.165, 1.54) is 4.57 Å². The van der Waals surface area contributed by atoms with Gasteiger partial charge in [0.25, 0.3) is 5.56 Å². The molecule has 0 saturated carbocycles. The van der Waals surface area contributed by atoms with Gasteiger partial charge in [-0.15, -0.1) is 0 Å². The van der Waals surface area contributed by atoms with Gasteiger partial charge in [-0.05, 0) is 62.9 Å². The number of fused-ring (bicyclic) bond motifs is 1. The number of aliphatic hydroxyl groups is 2. The van der Waals surface area contributed by atoms with Crippen LogP contribution in [0.25, 0.3) is 10.8 Å². The highest BCUT2D eigenvalue weighted by Crippen LogP contribution is 2.26. The molecule has 0 radical (unpaired) electrons. The van der Waals surface area contributed by atoms with Crippen molar-refractivity contribution in [3.63, 3.8) is 0 Å². The van der Waals surface area contributed by atoms with E-state index in [0.29, 0.717) is 22.8 Å². The molecule has 3 aromatic heterocycles. The number of nitrogens with zero attached hydrogens (tertiary/aromatic N) is 3. The molecule has 0 aliphatic carbocycles. The van der Waals surface area contributed by atoms with Gasteiger partial charge in [-0.25, -0.2) is 9.97 Å². The summed E-state index contributed by atoms with van der Waals surface area (Å²) in [4.78, 5) is 21.8. The van der Waals surface area contributed by atoms with Gasteiger partial charge in [0.1, 0.15) is 17.5 Å². The summed E-state index contributed by atoms with van der Waals surface area (Å²) < 4.78 is 1.47. The zero-order valence-corrected chi connectivity index (χ0v) is 17.1. The van der Waals surface area contributed by atoms with Gasteiger partial charge in [0.05, 0.1) is 18.1 Å². The van der Waals surface area contributed by atoms with Crippen LogP contribution in [0.2, 0.25) is 0 Å². The van der Waals surface area contributed by atoms with E-state index in [-0.39, 0.29) is 24.2 Å². The molecule has 29 heavy (non-hydrogen) atoms. The number of rotatable bonds is 6. The standard InChI is InChI=1S/C21H27N5O3/c1-13(28)14-5-7-22-16(11-14)23-17-12-15-6-8-26(9-10-27)20(29)18(15)19(24-17)25-21(2,3)4/h5-8,11-13,27-28H,9-10H2,1-4H3,(H2,22,23,24,25)/t13-/m1/s1. The smallest absolute Gasteiger partial charge is 0.262 e. The van der Waals surface area contributed by atoms with Crippen LogP contribution in [-0.4, -0.2) is 36.9 Å². The van der Waals surface area contributed by atoms with Gasteiger partial charge in [0.15, 0.2) is 0 Å². The molecule has 8 nitrogen and oxygen atoms in total. The van der Waals surface area contributed by atoms with Crippen molar-refractivity contribution < 1.29 is 10.2 Å². The second-order valence-electron chi connectivity index (χ2n) is 8.01. The first-order valence-electron chi connectivity index (χ1n) is 9.52. The first-order chi connectivity index (χ1) is 13.7. The fraction of sp³-hybridized carbons (Fsp3) is 0.381.